The first-order valence-electron chi connectivity index (χ1n) is 7.33. The van der Waals surface area contributed by atoms with Crippen molar-refractivity contribution in [1.29, 1.82) is 0 Å². The molecule has 0 saturated carbocycles. The second-order valence-corrected chi connectivity index (χ2v) is 5.18. The van der Waals surface area contributed by atoms with Crippen LogP contribution in [0.15, 0.2) is 59.8 Å². The summed E-state index contributed by atoms with van der Waals surface area (Å²) in [6, 6.07) is 13.9. The van der Waals surface area contributed by atoms with Crippen molar-refractivity contribution >= 4 is 23.2 Å². The molecule has 118 valence electrons. The Bertz CT molecular complexity index is 966. The third-order valence-electron chi connectivity index (χ3n) is 3.57. The van der Waals surface area contributed by atoms with Crippen LogP contribution in [0, 0.1) is 5.82 Å². The predicted octanol–water partition coefficient (Wildman–Crippen LogP) is 3.54. The Morgan fingerprint density at radius 3 is 2.75 bits per heavy atom. The SMILES string of the molecule is Fc1ccc(-c2[nH]ncc2C=NNc2nc3ccccc3[nH]2)cc1. The van der Waals surface area contributed by atoms with Crippen molar-refractivity contribution in [3.8, 4) is 11.3 Å². The number of nitrogens with zero attached hydrogens (tertiary/aromatic N) is 3. The van der Waals surface area contributed by atoms with Gasteiger partial charge in [0.05, 0.1) is 29.1 Å². The number of benzene rings is 2. The molecule has 24 heavy (non-hydrogen) atoms. The third-order valence-corrected chi connectivity index (χ3v) is 3.57. The fourth-order valence-corrected chi connectivity index (χ4v) is 2.41. The first-order valence-corrected chi connectivity index (χ1v) is 7.33. The van der Waals surface area contributed by atoms with Gasteiger partial charge in [-0.25, -0.2) is 14.8 Å². The van der Waals surface area contributed by atoms with Gasteiger partial charge in [-0.05, 0) is 36.4 Å². The molecule has 0 aliphatic rings. The minimum atomic E-state index is -0.278. The van der Waals surface area contributed by atoms with Crippen molar-refractivity contribution in [3.05, 3.63) is 66.1 Å². The van der Waals surface area contributed by atoms with Crippen molar-refractivity contribution in [3.63, 3.8) is 0 Å². The average Bonchev–Trinajstić information content (AvgIpc) is 3.22. The fraction of sp³-hybridized carbons (Fsp3) is 0. The standard InChI is InChI=1S/C17H13FN6/c18-13-7-5-11(6-8-13)16-12(9-19-23-16)10-20-24-17-21-14-3-1-2-4-15(14)22-17/h1-10H,(H,19,23)(H2,21,22,24). The van der Waals surface area contributed by atoms with E-state index in [0.29, 0.717) is 5.95 Å². The maximum Gasteiger partial charge on any atom is 0.222 e. The molecule has 0 bridgehead atoms. The summed E-state index contributed by atoms with van der Waals surface area (Å²) in [5, 5.41) is 11.1. The largest absolute Gasteiger partial charge is 0.323 e. The zero-order valence-electron chi connectivity index (χ0n) is 12.5. The number of aromatic amines is 2. The summed E-state index contributed by atoms with van der Waals surface area (Å²) in [4.78, 5) is 7.50. The number of H-pyrrole nitrogens is 2. The quantitative estimate of drug-likeness (QED) is 0.397. The van der Waals surface area contributed by atoms with Crippen molar-refractivity contribution in [2.75, 3.05) is 5.43 Å². The molecular weight excluding hydrogens is 307 g/mol. The van der Waals surface area contributed by atoms with E-state index in [1.807, 2.05) is 24.3 Å². The molecule has 7 heteroatoms. The first-order chi connectivity index (χ1) is 11.8. The summed E-state index contributed by atoms with van der Waals surface area (Å²) < 4.78 is 13.0. The van der Waals surface area contributed by atoms with Crippen LogP contribution in [0.3, 0.4) is 0 Å². The number of hydrogen-bond donors (Lipinski definition) is 3. The van der Waals surface area contributed by atoms with Crippen LogP contribution in [-0.2, 0) is 0 Å². The van der Waals surface area contributed by atoms with Crippen LogP contribution in [0.2, 0.25) is 0 Å². The second kappa shape index (κ2) is 5.96. The van der Waals surface area contributed by atoms with Gasteiger partial charge in [0, 0.05) is 11.1 Å². The predicted molar refractivity (Wildman–Crippen MR) is 91.3 cm³/mol. The summed E-state index contributed by atoms with van der Waals surface area (Å²) >= 11 is 0. The van der Waals surface area contributed by atoms with Crippen molar-refractivity contribution in [2.24, 2.45) is 5.10 Å². The number of anilines is 1. The number of fused-ring (bicyclic) bond motifs is 1. The molecule has 2 aromatic heterocycles. The Morgan fingerprint density at radius 1 is 1.08 bits per heavy atom. The normalized spacial score (nSPS) is 11.4. The van der Waals surface area contributed by atoms with Gasteiger partial charge in [0.1, 0.15) is 5.82 Å². The van der Waals surface area contributed by atoms with E-state index < -0.39 is 0 Å². The molecule has 4 rings (SSSR count). The molecule has 3 N–H and O–H groups in total. The molecule has 0 radical (unpaired) electrons. The van der Waals surface area contributed by atoms with Gasteiger partial charge in [-0.2, -0.15) is 10.2 Å². The highest BCUT2D eigenvalue weighted by Gasteiger charge is 2.06. The number of hydrazone groups is 1. The highest BCUT2D eigenvalue weighted by Crippen LogP contribution is 2.20. The molecule has 2 heterocycles. The van der Waals surface area contributed by atoms with E-state index in [2.05, 4.69) is 30.7 Å². The van der Waals surface area contributed by atoms with Gasteiger partial charge in [-0.1, -0.05) is 12.1 Å². The van der Waals surface area contributed by atoms with E-state index in [1.165, 1.54) is 12.1 Å². The van der Waals surface area contributed by atoms with E-state index >= 15 is 0 Å². The topological polar surface area (TPSA) is 81.8 Å². The van der Waals surface area contributed by atoms with Crippen LogP contribution < -0.4 is 5.43 Å². The molecule has 0 aliphatic heterocycles. The van der Waals surface area contributed by atoms with E-state index in [0.717, 1.165) is 27.9 Å². The molecule has 6 nitrogen and oxygen atoms in total. The monoisotopic (exact) mass is 320 g/mol. The van der Waals surface area contributed by atoms with Crippen molar-refractivity contribution in [2.45, 2.75) is 0 Å². The van der Waals surface area contributed by atoms with Crippen LogP contribution in [0.5, 0.6) is 0 Å². The van der Waals surface area contributed by atoms with E-state index in [4.69, 9.17) is 0 Å². The van der Waals surface area contributed by atoms with Crippen LogP contribution in [-0.4, -0.2) is 26.4 Å². The van der Waals surface area contributed by atoms with Gasteiger partial charge in [0.2, 0.25) is 5.95 Å². The average molecular weight is 320 g/mol. The van der Waals surface area contributed by atoms with E-state index in [-0.39, 0.29) is 5.82 Å². The van der Waals surface area contributed by atoms with Gasteiger partial charge in [-0.15, -0.1) is 0 Å². The maximum absolute atomic E-state index is 13.0. The summed E-state index contributed by atoms with van der Waals surface area (Å²) in [6.07, 6.45) is 3.29. The molecular formula is C17H13FN6. The third kappa shape index (κ3) is 2.74. The lowest BCUT2D eigenvalue weighted by atomic mass is 10.1. The Hall–Kier alpha value is -3.48. The smallest absolute Gasteiger partial charge is 0.222 e. The Kier molecular flexibility index (Phi) is 3.51. The van der Waals surface area contributed by atoms with E-state index in [1.54, 1.807) is 24.5 Å². The summed E-state index contributed by atoms with van der Waals surface area (Å²) in [5.74, 6) is 0.277. The molecule has 4 aromatic rings. The van der Waals surface area contributed by atoms with Crippen LogP contribution in [0.1, 0.15) is 5.56 Å². The lowest BCUT2D eigenvalue weighted by Crippen LogP contribution is -1.93. The summed E-state index contributed by atoms with van der Waals surface area (Å²) in [7, 11) is 0. The summed E-state index contributed by atoms with van der Waals surface area (Å²) in [6.45, 7) is 0. The number of imidazole rings is 1. The van der Waals surface area contributed by atoms with Gasteiger partial charge >= 0.3 is 0 Å². The zero-order valence-corrected chi connectivity index (χ0v) is 12.5. The van der Waals surface area contributed by atoms with E-state index in [9.17, 15) is 4.39 Å². The second-order valence-electron chi connectivity index (χ2n) is 5.18. The maximum atomic E-state index is 13.0. The number of hydrogen-bond acceptors (Lipinski definition) is 4. The molecule has 0 saturated heterocycles. The van der Waals surface area contributed by atoms with Crippen molar-refractivity contribution in [1.82, 2.24) is 20.2 Å². The Labute approximate surface area is 136 Å². The number of aromatic nitrogens is 4. The lowest BCUT2D eigenvalue weighted by molar-refractivity contribution is 0.628. The van der Waals surface area contributed by atoms with Crippen LogP contribution in [0.4, 0.5) is 10.3 Å². The summed E-state index contributed by atoms with van der Waals surface area (Å²) in [5.41, 5.74) is 7.05. The first kappa shape index (κ1) is 14.1. The highest BCUT2D eigenvalue weighted by atomic mass is 19.1. The van der Waals surface area contributed by atoms with Crippen LogP contribution >= 0.6 is 0 Å². The molecule has 0 spiro atoms. The van der Waals surface area contributed by atoms with Gasteiger partial charge in [-0.3, -0.25) is 5.10 Å². The number of para-hydroxylation sites is 2. The minimum Gasteiger partial charge on any atom is -0.323 e. The van der Waals surface area contributed by atoms with Crippen molar-refractivity contribution < 1.29 is 4.39 Å². The number of halogens is 1. The van der Waals surface area contributed by atoms with Gasteiger partial charge in [0.15, 0.2) is 0 Å². The fourth-order valence-electron chi connectivity index (χ4n) is 2.41. The van der Waals surface area contributed by atoms with Crippen LogP contribution in [0.25, 0.3) is 22.3 Å². The molecule has 0 fully saturated rings. The molecule has 2 aromatic carbocycles. The van der Waals surface area contributed by atoms with Gasteiger partial charge in [0.25, 0.3) is 0 Å². The number of rotatable bonds is 4. The Balaban J connectivity index is 1.54. The van der Waals surface area contributed by atoms with Gasteiger partial charge < -0.3 is 4.98 Å². The molecule has 0 amide bonds. The molecule has 0 unspecified atom stereocenters. The number of nitrogens with one attached hydrogen (secondary N) is 3. The molecule has 0 aliphatic carbocycles. The Morgan fingerprint density at radius 2 is 1.92 bits per heavy atom. The highest BCUT2D eigenvalue weighted by molar-refractivity contribution is 5.88. The molecule has 0 atom stereocenters. The zero-order chi connectivity index (χ0) is 16.4. The minimum absolute atomic E-state index is 0.278. The lowest BCUT2D eigenvalue weighted by Gasteiger charge is -1.99.